The second-order valence-corrected chi connectivity index (χ2v) is 4.86. The van der Waals surface area contributed by atoms with E-state index in [1.807, 2.05) is 0 Å². The first-order chi connectivity index (χ1) is 7.74. The molecule has 1 unspecified atom stereocenters. The number of nitrogens with zero attached hydrogens (tertiary/aromatic N) is 1. The van der Waals surface area contributed by atoms with E-state index in [0.717, 1.165) is 13.1 Å². The molecule has 2 nitrogen and oxygen atoms in total. The number of rotatable bonds is 2. The third-order valence-corrected chi connectivity index (χ3v) is 3.89. The van der Waals surface area contributed by atoms with Crippen molar-refractivity contribution in [3.05, 3.63) is 35.0 Å². The summed E-state index contributed by atoms with van der Waals surface area (Å²) in [6.45, 7) is 6.31. The summed E-state index contributed by atoms with van der Waals surface area (Å²) in [5, 5.41) is 1.42. The Morgan fingerprint density at radius 1 is 1.44 bits per heavy atom. The zero-order valence-electron chi connectivity index (χ0n) is 9.96. The maximum Gasteiger partial charge on any atom is 0.0518 e. The fourth-order valence-electron chi connectivity index (χ4n) is 3.09. The molecule has 2 aromatic rings. The summed E-state index contributed by atoms with van der Waals surface area (Å²) in [4.78, 5) is 0. The average Bonchev–Trinajstić information content (AvgIpc) is 2.84. The molecule has 1 aliphatic rings. The summed E-state index contributed by atoms with van der Waals surface area (Å²) < 4.78 is 2.48. The molecule has 2 heterocycles. The van der Waals surface area contributed by atoms with E-state index in [1.54, 1.807) is 0 Å². The van der Waals surface area contributed by atoms with E-state index in [9.17, 15) is 0 Å². The van der Waals surface area contributed by atoms with Crippen molar-refractivity contribution in [2.75, 3.05) is 6.54 Å². The van der Waals surface area contributed by atoms with Gasteiger partial charge in [0.25, 0.3) is 0 Å². The minimum atomic E-state index is 0.457. The first-order valence-electron chi connectivity index (χ1n) is 6.04. The van der Waals surface area contributed by atoms with Crippen molar-refractivity contribution in [1.82, 2.24) is 4.57 Å². The maximum absolute atomic E-state index is 5.82. The van der Waals surface area contributed by atoms with Crippen LogP contribution in [0.1, 0.15) is 29.7 Å². The summed E-state index contributed by atoms with van der Waals surface area (Å²) in [5.41, 5.74) is 11.6. The van der Waals surface area contributed by atoms with Gasteiger partial charge in [0.1, 0.15) is 0 Å². The summed E-state index contributed by atoms with van der Waals surface area (Å²) in [5.74, 6) is 0.457. The van der Waals surface area contributed by atoms with E-state index in [1.165, 1.54) is 34.1 Å². The van der Waals surface area contributed by atoms with Crippen molar-refractivity contribution in [1.29, 1.82) is 0 Å². The Hall–Kier alpha value is -1.28. The van der Waals surface area contributed by atoms with Crippen LogP contribution < -0.4 is 5.73 Å². The van der Waals surface area contributed by atoms with Gasteiger partial charge in [0.05, 0.1) is 5.52 Å². The standard InChI is InChI=1S/C14H18N2/c1-9(8-15)13-10(2)12-5-3-4-11-6-7-16(13)14(11)12/h3-5,9H,6-8,15H2,1-2H3. The van der Waals surface area contributed by atoms with E-state index in [2.05, 4.69) is 36.6 Å². The fraction of sp³-hybridized carbons (Fsp3) is 0.429. The second kappa shape index (κ2) is 3.36. The molecule has 0 aliphatic carbocycles. The van der Waals surface area contributed by atoms with Gasteiger partial charge in [0.15, 0.2) is 0 Å². The Morgan fingerprint density at radius 3 is 3.00 bits per heavy atom. The van der Waals surface area contributed by atoms with Gasteiger partial charge in [-0.25, -0.2) is 0 Å². The molecule has 84 valence electrons. The molecule has 0 amide bonds. The molecule has 1 aromatic heterocycles. The quantitative estimate of drug-likeness (QED) is 0.818. The second-order valence-electron chi connectivity index (χ2n) is 4.86. The topological polar surface area (TPSA) is 30.9 Å². The van der Waals surface area contributed by atoms with Crippen LogP contribution in [0.15, 0.2) is 18.2 Å². The largest absolute Gasteiger partial charge is 0.343 e. The zero-order chi connectivity index (χ0) is 11.3. The van der Waals surface area contributed by atoms with E-state index in [4.69, 9.17) is 5.73 Å². The van der Waals surface area contributed by atoms with Crippen LogP contribution in [-0.2, 0) is 13.0 Å². The maximum atomic E-state index is 5.82. The Bertz CT molecular complexity index is 551. The van der Waals surface area contributed by atoms with E-state index < -0.39 is 0 Å². The molecule has 1 aliphatic heterocycles. The molecular weight excluding hydrogens is 196 g/mol. The molecule has 0 bridgehead atoms. The number of nitrogens with two attached hydrogens (primary N) is 1. The van der Waals surface area contributed by atoms with Gasteiger partial charge in [-0.2, -0.15) is 0 Å². The Labute approximate surface area is 96.1 Å². The van der Waals surface area contributed by atoms with Crippen molar-refractivity contribution in [2.45, 2.75) is 32.7 Å². The minimum absolute atomic E-state index is 0.457. The third-order valence-electron chi connectivity index (χ3n) is 3.89. The molecule has 0 saturated heterocycles. The lowest BCUT2D eigenvalue weighted by Gasteiger charge is -2.13. The predicted molar refractivity (Wildman–Crippen MR) is 67.8 cm³/mol. The van der Waals surface area contributed by atoms with Crippen LogP contribution in [0.2, 0.25) is 0 Å². The summed E-state index contributed by atoms with van der Waals surface area (Å²) >= 11 is 0. The van der Waals surface area contributed by atoms with E-state index in [-0.39, 0.29) is 0 Å². The van der Waals surface area contributed by atoms with Crippen molar-refractivity contribution in [2.24, 2.45) is 5.73 Å². The van der Waals surface area contributed by atoms with E-state index in [0.29, 0.717) is 5.92 Å². The Morgan fingerprint density at radius 2 is 2.25 bits per heavy atom. The summed E-state index contributed by atoms with van der Waals surface area (Å²) in [6, 6.07) is 6.67. The monoisotopic (exact) mass is 214 g/mol. The molecule has 1 aromatic carbocycles. The Kier molecular flexibility index (Phi) is 2.08. The van der Waals surface area contributed by atoms with Crippen LogP contribution in [0.3, 0.4) is 0 Å². The van der Waals surface area contributed by atoms with Crippen molar-refractivity contribution < 1.29 is 0 Å². The number of benzene rings is 1. The molecule has 1 atom stereocenters. The molecule has 0 spiro atoms. The van der Waals surface area contributed by atoms with Gasteiger partial charge in [0, 0.05) is 30.1 Å². The lowest BCUT2D eigenvalue weighted by atomic mass is 10.0. The fourth-order valence-corrected chi connectivity index (χ4v) is 3.09. The normalized spacial score (nSPS) is 15.9. The van der Waals surface area contributed by atoms with Crippen LogP contribution in [0, 0.1) is 6.92 Å². The summed E-state index contributed by atoms with van der Waals surface area (Å²) in [7, 11) is 0. The first-order valence-corrected chi connectivity index (χ1v) is 6.04. The molecule has 0 radical (unpaired) electrons. The molecule has 0 saturated carbocycles. The van der Waals surface area contributed by atoms with Crippen LogP contribution >= 0.6 is 0 Å². The number of hydrogen-bond donors (Lipinski definition) is 1. The number of aromatic nitrogens is 1. The van der Waals surface area contributed by atoms with Gasteiger partial charge < -0.3 is 10.3 Å². The molecule has 2 N–H and O–H groups in total. The first kappa shape index (κ1) is 9.91. The van der Waals surface area contributed by atoms with Gasteiger partial charge in [-0.1, -0.05) is 25.1 Å². The Balaban J connectivity index is 2.37. The zero-order valence-corrected chi connectivity index (χ0v) is 9.96. The predicted octanol–water partition coefficient (Wildman–Crippen LogP) is 2.57. The van der Waals surface area contributed by atoms with Crippen molar-refractivity contribution in [3.8, 4) is 0 Å². The van der Waals surface area contributed by atoms with Crippen LogP contribution in [0.4, 0.5) is 0 Å². The van der Waals surface area contributed by atoms with Gasteiger partial charge in [-0.05, 0) is 24.5 Å². The lowest BCUT2D eigenvalue weighted by molar-refractivity contribution is 0.650. The number of hydrogen-bond acceptors (Lipinski definition) is 1. The van der Waals surface area contributed by atoms with Gasteiger partial charge in [-0.15, -0.1) is 0 Å². The molecule has 2 heteroatoms. The van der Waals surface area contributed by atoms with Crippen LogP contribution in [-0.4, -0.2) is 11.1 Å². The lowest BCUT2D eigenvalue weighted by Crippen LogP contribution is -2.14. The van der Waals surface area contributed by atoms with Gasteiger partial charge in [0.2, 0.25) is 0 Å². The highest BCUT2D eigenvalue weighted by Gasteiger charge is 2.23. The minimum Gasteiger partial charge on any atom is -0.343 e. The highest BCUT2D eigenvalue weighted by atomic mass is 15.0. The number of aryl methyl sites for hydroxylation is 3. The van der Waals surface area contributed by atoms with Gasteiger partial charge in [-0.3, -0.25) is 0 Å². The molecule has 3 rings (SSSR count). The SMILES string of the molecule is Cc1c(C(C)CN)n2c3c(cccc13)CC2. The average molecular weight is 214 g/mol. The molecular formula is C14H18N2. The highest BCUT2D eigenvalue weighted by Crippen LogP contribution is 2.36. The van der Waals surface area contributed by atoms with Crippen LogP contribution in [0.5, 0.6) is 0 Å². The smallest absolute Gasteiger partial charge is 0.0518 e. The van der Waals surface area contributed by atoms with Crippen LogP contribution in [0.25, 0.3) is 10.9 Å². The highest BCUT2D eigenvalue weighted by molar-refractivity contribution is 5.89. The summed E-state index contributed by atoms with van der Waals surface area (Å²) in [6.07, 6.45) is 1.18. The van der Waals surface area contributed by atoms with Crippen molar-refractivity contribution >= 4 is 10.9 Å². The van der Waals surface area contributed by atoms with Gasteiger partial charge >= 0.3 is 0 Å². The molecule has 16 heavy (non-hydrogen) atoms. The third kappa shape index (κ3) is 1.11. The molecule has 0 fully saturated rings. The van der Waals surface area contributed by atoms with Crippen molar-refractivity contribution in [3.63, 3.8) is 0 Å². The van der Waals surface area contributed by atoms with E-state index >= 15 is 0 Å². The number of para-hydroxylation sites is 1.